The average Bonchev–Trinajstić information content (AvgIpc) is 2.21. The van der Waals surface area contributed by atoms with E-state index in [9.17, 15) is 4.79 Å². The molecule has 2 unspecified atom stereocenters. The molecule has 0 aromatic heterocycles. The van der Waals surface area contributed by atoms with E-state index < -0.39 is 5.60 Å². The van der Waals surface area contributed by atoms with Gasteiger partial charge in [-0.2, -0.15) is 0 Å². The molecule has 1 aliphatic heterocycles. The van der Waals surface area contributed by atoms with Gasteiger partial charge in [-0.1, -0.05) is 0 Å². The van der Waals surface area contributed by atoms with Gasteiger partial charge in [0.2, 0.25) is 0 Å². The third kappa shape index (κ3) is 7.67. The van der Waals surface area contributed by atoms with Gasteiger partial charge < -0.3 is 20.1 Å². The fourth-order valence-electron chi connectivity index (χ4n) is 2.60. The predicted molar refractivity (Wildman–Crippen MR) is 84.5 cm³/mol. The van der Waals surface area contributed by atoms with Gasteiger partial charge in [0.05, 0.1) is 17.7 Å². The van der Waals surface area contributed by atoms with Crippen molar-refractivity contribution in [1.29, 1.82) is 0 Å². The molecule has 2 N–H and O–H groups in total. The molecule has 1 fully saturated rings. The number of carbonyl (C=O) groups is 1. The van der Waals surface area contributed by atoms with Crippen molar-refractivity contribution in [2.45, 2.75) is 90.7 Å². The van der Waals surface area contributed by atoms with Gasteiger partial charge in [-0.25, -0.2) is 4.79 Å². The minimum absolute atomic E-state index is 0.285. The van der Waals surface area contributed by atoms with Gasteiger partial charge in [0.1, 0.15) is 5.60 Å². The standard InChI is InChI=1S/C16H32N2O3/c1-11-8-13(9-12(2)20-11)17-10-16(6,7)18-14(19)21-15(3,4)5/h11-13,17H,8-10H2,1-7H3,(H,18,19). The fourth-order valence-corrected chi connectivity index (χ4v) is 2.60. The van der Waals surface area contributed by atoms with Crippen LogP contribution in [0.3, 0.4) is 0 Å². The molecule has 21 heavy (non-hydrogen) atoms. The highest BCUT2D eigenvalue weighted by Gasteiger charge is 2.28. The second-order valence-corrected chi connectivity index (χ2v) is 7.82. The van der Waals surface area contributed by atoms with Crippen molar-refractivity contribution in [3.63, 3.8) is 0 Å². The van der Waals surface area contributed by atoms with Crippen molar-refractivity contribution in [2.75, 3.05) is 6.54 Å². The van der Waals surface area contributed by atoms with Crippen molar-refractivity contribution in [2.24, 2.45) is 0 Å². The third-order valence-corrected chi connectivity index (χ3v) is 3.37. The third-order valence-electron chi connectivity index (χ3n) is 3.37. The normalized spacial score (nSPS) is 27.3. The summed E-state index contributed by atoms with van der Waals surface area (Å²) in [6.45, 7) is 14.5. The van der Waals surface area contributed by atoms with E-state index in [1.807, 2.05) is 34.6 Å². The summed E-state index contributed by atoms with van der Waals surface area (Å²) in [6, 6.07) is 0.434. The number of alkyl carbamates (subject to hydrolysis) is 1. The molecule has 1 rings (SSSR count). The van der Waals surface area contributed by atoms with E-state index in [0.29, 0.717) is 12.6 Å². The molecule has 1 saturated heterocycles. The Balaban J connectivity index is 2.40. The van der Waals surface area contributed by atoms with Crippen LogP contribution in [0.15, 0.2) is 0 Å². The van der Waals surface area contributed by atoms with Crippen molar-refractivity contribution in [1.82, 2.24) is 10.6 Å². The van der Waals surface area contributed by atoms with Crippen LogP contribution in [0.25, 0.3) is 0 Å². The first-order valence-corrected chi connectivity index (χ1v) is 7.87. The zero-order valence-corrected chi connectivity index (χ0v) is 14.6. The first-order valence-electron chi connectivity index (χ1n) is 7.87. The van der Waals surface area contributed by atoms with Gasteiger partial charge in [-0.15, -0.1) is 0 Å². The lowest BCUT2D eigenvalue weighted by atomic mass is 9.98. The second-order valence-electron chi connectivity index (χ2n) is 7.82. The van der Waals surface area contributed by atoms with Crippen molar-refractivity contribution >= 4 is 6.09 Å². The summed E-state index contributed by atoms with van der Waals surface area (Å²) in [5.41, 5.74) is -0.827. The second kappa shape index (κ2) is 6.97. The molecule has 5 nitrogen and oxygen atoms in total. The van der Waals surface area contributed by atoms with Gasteiger partial charge in [0.25, 0.3) is 0 Å². The minimum atomic E-state index is -0.473. The topological polar surface area (TPSA) is 59.6 Å². The van der Waals surface area contributed by atoms with Crippen molar-refractivity contribution in [3.8, 4) is 0 Å². The van der Waals surface area contributed by atoms with E-state index in [-0.39, 0.29) is 23.8 Å². The molecular weight excluding hydrogens is 268 g/mol. The summed E-state index contributed by atoms with van der Waals surface area (Å²) in [5, 5.41) is 6.46. The highest BCUT2D eigenvalue weighted by molar-refractivity contribution is 5.68. The van der Waals surface area contributed by atoms with E-state index in [1.54, 1.807) is 0 Å². The van der Waals surface area contributed by atoms with Crippen LogP contribution < -0.4 is 10.6 Å². The molecule has 0 spiro atoms. The van der Waals surface area contributed by atoms with Crippen LogP contribution in [0.4, 0.5) is 4.79 Å². The molecule has 2 atom stereocenters. The summed E-state index contributed by atoms with van der Waals surface area (Å²) < 4.78 is 11.0. The lowest BCUT2D eigenvalue weighted by Gasteiger charge is -2.35. The molecule has 0 aromatic rings. The molecule has 5 heteroatoms. The zero-order valence-electron chi connectivity index (χ0n) is 14.6. The molecule has 1 aliphatic rings. The van der Waals surface area contributed by atoms with Crippen LogP contribution >= 0.6 is 0 Å². The molecule has 0 saturated carbocycles. The van der Waals surface area contributed by atoms with E-state index in [1.165, 1.54) is 0 Å². The summed E-state index contributed by atoms with van der Waals surface area (Å²) in [7, 11) is 0. The Hall–Kier alpha value is -0.810. The number of ether oxygens (including phenoxy) is 2. The van der Waals surface area contributed by atoms with Gasteiger partial charge >= 0.3 is 6.09 Å². The molecule has 1 amide bonds. The molecule has 124 valence electrons. The first-order chi connectivity index (χ1) is 9.47. The highest BCUT2D eigenvalue weighted by atomic mass is 16.6. The predicted octanol–water partition coefficient (Wildman–Crippen LogP) is 2.84. The lowest BCUT2D eigenvalue weighted by Crippen LogP contribution is -2.54. The summed E-state index contributed by atoms with van der Waals surface area (Å²) in [5.74, 6) is 0. The maximum Gasteiger partial charge on any atom is 0.408 e. The lowest BCUT2D eigenvalue weighted by molar-refractivity contribution is -0.0427. The van der Waals surface area contributed by atoms with Crippen LogP contribution in [0, 0.1) is 0 Å². The molecule has 0 aliphatic carbocycles. The highest BCUT2D eigenvalue weighted by Crippen LogP contribution is 2.19. The van der Waals surface area contributed by atoms with Gasteiger partial charge in [0.15, 0.2) is 0 Å². The van der Waals surface area contributed by atoms with Crippen molar-refractivity contribution in [3.05, 3.63) is 0 Å². The summed E-state index contributed by atoms with van der Waals surface area (Å²) in [6.07, 6.45) is 2.21. The number of amides is 1. The fraction of sp³-hybridized carbons (Fsp3) is 0.938. The number of hydrogen-bond donors (Lipinski definition) is 2. The Bertz CT molecular complexity index is 340. The van der Waals surface area contributed by atoms with Crippen LogP contribution in [-0.4, -0.2) is 42.0 Å². The van der Waals surface area contributed by atoms with E-state index in [4.69, 9.17) is 9.47 Å². The van der Waals surface area contributed by atoms with Crippen molar-refractivity contribution < 1.29 is 14.3 Å². The smallest absolute Gasteiger partial charge is 0.408 e. The molecule has 0 aromatic carbocycles. The molecule has 1 heterocycles. The van der Waals surface area contributed by atoms with Crippen LogP contribution in [0.5, 0.6) is 0 Å². The maximum atomic E-state index is 11.8. The maximum absolute atomic E-state index is 11.8. The van der Waals surface area contributed by atoms with Crippen LogP contribution in [0.2, 0.25) is 0 Å². The Labute approximate surface area is 129 Å². The van der Waals surface area contributed by atoms with E-state index in [0.717, 1.165) is 12.8 Å². The van der Waals surface area contributed by atoms with Crippen LogP contribution in [-0.2, 0) is 9.47 Å². The largest absolute Gasteiger partial charge is 0.444 e. The monoisotopic (exact) mass is 300 g/mol. The molecular formula is C16H32N2O3. The van der Waals surface area contributed by atoms with E-state index >= 15 is 0 Å². The van der Waals surface area contributed by atoms with Gasteiger partial charge in [-0.3, -0.25) is 0 Å². The molecule has 0 radical (unpaired) electrons. The summed E-state index contributed by atoms with van der Waals surface area (Å²) in [4.78, 5) is 11.8. The Morgan fingerprint density at radius 1 is 1.14 bits per heavy atom. The zero-order chi connectivity index (χ0) is 16.3. The Morgan fingerprint density at radius 3 is 2.14 bits per heavy atom. The quantitative estimate of drug-likeness (QED) is 0.838. The number of nitrogens with one attached hydrogen (secondary N) is 2. The Kier molecular flexibility index (Phi) is 6.05. The number of hydrogen-bond acceptors (Lipinski definition) is 4. The minimum Gasteiger partial charge on any atom is -0.444 e. The first kappa shape index (κ1) is 18.2. The molecule has 0 bridgehead atoms. The number of rotatable bonds is 4. The van der Waals surface area contributed by atoms with Crippen LogP contribution in [0.1, 0.15) is 61.3 Å². The average molecular weight is 300 g/mol. The summed E-state index contributed by atoms with van der Waals surface area (Å²) >= 11 is 0. The SMILES string of the molecule is CC1CC(NCC(C)(C)NC(=O)OC(C)(C)C)CC(C)O1. The van der Waals surface area contributed by atoms with Gasteiger partial charge in [-0.05, 0) is 61.3 Å². The Morgan fingerprint density at radius 2 is 1.67 bits per heavy atom. The van der Waals surface area contributed by atoms with E-state index in [2.05, 4.69) is 24.5 Å². The van der Waals surface area contributed by atoms with Gasteiger partial charge in [0, 0.05) is 12.6 Å². The number of carbonyl (C=O) groups excluding carboxylic acids is 1.